The summed E-state index contributed by atoms with van der Waals surface area (Å²) < 4.78 is 0. The average molecular weight is 267 g/mol. The van der Waals surface area contributed by atoms with Crippen LogP contribution >= 0.6 is 11.8 Å². The zero-order chi connectivity index (χ0) is 13.7. The van der Waals surface area contributed by atoms with Crippen molar-refractivity contribution in [2.24, 2.45) is 0 Å². The Morgan fingerprint density at radius 1 is 0.947 bits per heavy atom. The number of hydrogen-bond donors (Lipinski definition) is 1. The van der Waals surface area contributed by atoms with Crippen LogP contribution in [0.25, 0.3) is 0 Å². The van der Waals surface area contributed by atoms with E-state index in [9.17, 15) is 4.79 Å². The molecule has 2 N–H and O–H groups in total. The average Bonchev–Trinajstić information content (AvgIpc) is 2.39. The van der Waals surface area contributed by atoms with Crippen molar-refractivity contribution in [3.63, 3.8) is 0 Å². The van der Waals surface area contributed by atoms with E-state index in [0.717, 1.165) is 21.7 Å². The summed E-state index contributed by atoms with van der Waals surface area (Å²) in [5.41, 5.74) is 8.19. The molecule has 0 aromatic heterocycles. The Balaban J connectivity index is 2.11. The number of anilines is 1. The summed E-state index contributed by atoms with van der Waals surface area (Å²) in [6, 6.07) is 15.1. The van der Waals surface area contributed by atoms with Gasteiger partial charge in [0.15, 0.2) is 5.12 Å². The van der Waals surface area contributed by atoms with Crippen LogP contribution in [-0.2, 0) is 4.79 Å². The van der Waals surface area contributed by atoms with Gasteiger partial charge in [0.2, 0.25) is 0 Å². The Hall–Kier alpha value is -2.18. The Bertz CT molecular complexity index is 633. The number of benzene rings is 2. The van der Waals surface area contributed by atoms with E-state index in [1.807, 2.05) is 48.5 Å². The number of carbonyl (C=O) groups excluding carboxylic acids is 1. The van der Waals surface area contributed by atoms with E-state index in [1.165, 1.54) is 11.8 Å². The molecule has 0 radical (unpaired) electrons. The van der Waals surface area contributed by atoms with Gasteiger partial charge in [-0.25, -0.2) is 0 Å². The van der Waals surface area contributed by atoms with Crippen LogP contribution in [0.15, 0.2) is 53.4 Å². The molecule has 2 rings (SSSR count). The van der Waals surface area contributed by atoms with Gasteiger partial charge in [-0.1, -0.05) is 23.6 Å². The van der Waals surface area contributed by atoms with E-state index < -0.39 is 0 Å². The molecule has 0 atom stereocenters. The normalized spacial score (nSPS) is 9.53. The molecule has 19 heavy (non-hydrogen) atoms. The third-order valence-corrected chi connectivity index (χ3v) is 3.17. The largest absolute Gasteiger partial charge is 0.399 e. The summed E-state index contributed by atoms with van der Waals surface area (Å²) in [4.78, 5) is 11.9. The van der Waals surface area contributed by atoms with Gasteiger partial charge in [-0.15, -0.1) is 0 Å². The van der Waals surface area contributed by atoms with Crippen LogP contribution in [0.4, 0.5) is 5.69 Å². The van der Waals surface area contributed by atoms with E-state index in [-0.39, 0.29) is 5.12 Å². The number of nitrogen functional groups attached to an aromatic ring is 1. The molecule has 0 amide bonds. The molecule has 0 aliphatic carbocycles. The molecule has 2 aromatic carbocycles. The quantitative estimate of drug-likeness (QED) is 0.490. The zero-order valence-corrected chi connectivity index (χ0v) is 11.3. The molecule has 0 aliphatic heterocycles. The highest BCUT2D eigenvalue weighted by Gasteiger charge is 1.97. The second kappa shape index (κ2) is 6.12. The number of rotatable bonds is 1. The molecule has 2 nitrogen and oxygen atoms in total. The molecule has 0 saturated heterocycles. The van der Waals surface area contributed by atoms with Crippen molar-refractivity contribution in [1.82, 2.24) is 0 Å². The Kier molecular flexibility index (Phi) is 4.27. The highest BCUT2D eigenvalue weighted by atomic mass is 32.2. The van der Waals surface area contributed by atoms with E-state index in [1.54, 1.807) is 6.92 Å². The first kappa shape index (κ1) is 13.3. The second-order valence-corrected chi connectivity index (χ2v) is 5.24. The summed E-state index contributed by atoms with van der Waals surface area (Å²) >= 11 is 1.22. The van der Waals surface area contributed by atoms with Crippen molar-refractivity contribution in [2.45, 2.75) is 11.8 Å². The summed E-state index contributed by atoms with van der Waals surface area (Å²) in [6.45, 7) is 1.56. The van der Waals surface area contributed by atoms with Crippen LogP contribution in [0.5, 0.6) is 0 Å². The fourth-order valence-electron chi connectivity index (χ4n) is 1.48. The van der Waals surface area contributed by atoms with Crippen molar-refractivity contribution < 1.29 is 4.79 Å². The van der Waals surface area contributed by atoms with Crippen LogP contribution in [-0.4, -0.2) is 5.12 Å². The molecule has 0 unspecified atom stereocenters. The van der Waals surface area contributed by atoms with Crippen LogP contribution in [0.1, 0.15) is 18.1 Å². The zero-order valence-electron chi connectivity index (χ0n) is 10.5. The molecule has 2 aromatic rings. The first-order valence-corrected chi connectivity index (χ1v) is 6.61. The van der Waals surface area contributed by atoms with Gasteiger partial charge >= 0.3 is 0 Å². The minimum absolute atomic E-state index is 0.0840. The molecule has 3 heteroatoms. The summed E-state index contributed by atoms with van der Waals surface area (Å²) in [5, 5.41) is 0.0840. The number of nitrogens with two attached hydrogens (primary N) is 1. The number of carbonyl (C=O) groups is 1. The van der Waals surface area contributed by atoms with E-state index in [2.05, 4.69) is 11.8 Å². The lowest BCUT2D eigenvalue weighted by atomic mass is 10.2. The van der Waals surface area contributed by atoms with Crippen LogP contribution in [0.3, 0.4) is 0 Å². The standard InChI is InChI=1S/C16H13NOS/c1-12(18)19-16-10-6-14(7-11-16)3-2-13-4-8-15(17)9-5-13/h4-11H,17H2,1H3. The van der Waals surface area contributed by atoms with Gasteiger partial charge in [0.05, 0.1) is 0 Å². The van der Waals surface area contributed by atoms with Crippen LogP contribution in [0, 0.1) is 11.8 Å². The Morgan fingerprint density at radius 3 is 1.89 bits per heavy atom. The van der Waals surface area contributed by atoms with E-state index in [0.29, 0.717) is 0 Å². The summed E-state index contributed by atoms with van der Waals surface area (Å²) in [7, 11) is 0. The summed E-state index contributed by atoms with van der Waals surface area (Å²) in [5.74, 6) is 6.15. The fourth-order valence-corrected chi connectivity index (χ4v) is 2.09. The van der Waals surface area contributed by atoms with Crippen LogP contribution in [0.2, 0.25) is 0 Å². The summed E-state index contributed by atoms with van der Waals surface area (Å²) in [6.07, 6.45) is 0. The lowest BCUT2D eigenvalue weighted by Crippen LogP contribution is -1.83. The number of thioether (sulfide) groups is 1. The number of hydrogen-bond acceptors (Lipinski definition) is 3. The molecule has 0 bridgehead atoms. The monoisotopic (exact) mass is 267 g/mol. The van der Waals surface area contributed by atoms with Gasteiger partial charge in [-0.3, -0.25) is 4.79 Å². The molecular formula is C16H13NOS. The van der Waals surface area contributed by atoms with Gasteiger partial charge < -0.3 is 5.73 Å². The fraction of sp³-hybridized carbons (Fsp3) is 0.0625. The molecule has 0 fully saturated rings. The van der Waals surface area contributed by atoms with Gasteiger partial charge in [0, 0.05) is 28.6 Å². The smallest absolute Gasteiger partial charge is 0.190 e. The SMILES string of the molecule is CC(=O)Sc1ccc(C#Cc2ccc(N)cc2)cc1. The molecule has 0 spiro atoms. The maximum atomic E-state index is 11.0. The molecule has 0 heterocycles. The Labute approximate surface area is 117 Å². The maximum absolute atomic E-state index is 11.0. The highest BCUT2D eigenvalue weighted by Crippen LogP contribution is 2.18. The third-order valence-electron chi connectivity index (χ3n) is 2.38. The van der Waals surface area contributed by atoms with Crippen molar-refractivity contribution in [3.05, 3.63) is 59.7 Å². The predicted octanol–water partition coefficient (Wildman–Crippen LogP) is 3.31. The lowest BCUT2D eigenvalue weighted by molar-refractivity contribution is -0.109. The van der Waals surface area contributed by atoms with Gasteiger partial charge in [0.1, 0.15) is 0 Å². The highest BCUT2D eigenvalue weighted by molar-refractivity contribution is 8.13. The first-order valence-electron chi connectivity index (χ1n) is 5.79. The lowest BCUT2D eigenvalue weighted by Gasteiger charge is -1.96. The van der Waals surface area contributed by atoms with Gasteiger partial charge in [0.25, 0.3) is 0 Å². The Morgan fingerprint density at radius 2 is 1.42 bits per heavy atom. The van der Waals surface area contributed by atoms with Gasteiger partial charge in [-0.2, -0.15) is 0 Å². The van der Waals surface area contributed by atoms with E-state index in [4.69, 9.17) is 5.73 Å². The predicted molar refractivity (Wildman–Crippen MR) is 79.8 cm³/mol. The minimum atomic E-state index is 0.0840. The molecule has 0 saturated carbocycles. The minimum Gasteiger partial charge on any atom is -0.399 e. The first-order chi connectivity index (χ1) is 9.13. The van der Waals surface area contributed by atoms with Crippen LogP contribution < -0.4 is 5.73 Å². The topological polar surface area (TPSA) is 43.1 Å². The van der Waals surface area contributed by atoms with Crippen molar-refractivity contribution in [1.29, 1.82) is 0 Å². The van der Waals surface area contributed by atoms with Crippen molar-refractivity contribution >= 4 is 22.6 Å². The van der Waals surface area contributed by atoms with Crippen molar-refractivity contribution in [2.75, 3.05) is 5.73 Å². The van der Waals surface area contributed by atoms with E-state index >= 15 is 0 Å². The molecule has 94 valence electrons. The van der Waals surface area contributed by atoms with Gasteiger partial charge in [-0.05, 0) is 48.5 Å². The maximum Gasteiger partial charge on any atom is 0.190 e. The molecule has 0 aliphatic rings. The molecular weight excluding hydrogens is 254 g/mol. The second-order valence-electron chi connectivity index (χ2n) is 3.99. The third kappa shape index (κ3) is 4.20. The van der Waals surface area contributed by atoms with Crippen molar-refractivity contribution in [3.8, 4) is 11.8 Å².